The number of benzene rings is 1. The molecule has 2 unspecified atom stereocenters. The van der Waals surface area contributed by atoms with Crippen LogP contribution in [0.25, 0.3) is 22.0 Å². The van der Waals surface area contributed by atoms with Gasteiger partial charge in [-0.05, 0) is 54.2 Å². The number of aryl methyl sites for hydroxylation is 1. The van der Waals surface area contributed by atoms with Crippen LogP contribution in [0.15, 0.2) is 29.3 Å². The van der Waals surface area contributed by atoms with Crippen LogP contribution in [0.2, 0.25) is 0 Å². The van der Waals surface area contributed by atoms with E-state index in [9.17, 15) is 4.79 Å². The fourth-order valence-electron chi connectivity index (χ4n) is 6.02. The topological polar surface area (TPSA) is 72.4 Å². The molecule has 0 bridgehead atoms. The molecule has 5 rings (SSSR count). The number of rotatable bonds is 6. The zero-order valence-electron chi connectivity index (χ0n) is 20.2. The van der Waals surface area contributed by atoms with Crippen molar-refractivity contribution < 1.29 is 9.47 Å². The third kappa shape index (κ3) is 3.82. The summed E-state index contributed by atoms with van der Waals surface area (Å²) in [5.41, 5.74) is 3.34. The Morgan fingerprint density at radius 1 is 1.12 bits per heavy atom. The monoisotopic (exact) mass is 450 g/mol. The third-order valence-electron chi connectivity index (χ3n) is 7.89. The largest absolute Gasteiger partial charge is 0.496 e. The first-order valence-corrected chi connectivity index (χ1v) is 11.9. The molecular formula is C26H34N4O3. The summed E-state index contributed by atoms with van der Waals surface area (Å²) in [7, 11) is 5.17. The van der Waals surface area contributed by atoms with E-state index in [4.69, 9.17) is 9.47 Å². The number of ether oxygens (including phenoxy) is 2. The highest BCUT2D eigenvalue weighted by Crippen LogP contribution is 2.45. The molecule has 33 heavy (non-hydrogen) atoms. The minimum atomic E-state index is -0.0962. The number of nitrogens with one attached hydrogen (secondary N) is 1. The molecule has 2 fully saturated rings. The second-order valence-corrected chi connectivity index (χ2v) is 10.2. The van der Waals surface area contributed by atoms with Gasteiger partial charge in [-0.15, -0.1) is 0 Å². The average Bonchev–Trinajstić information content (AvgIpc) is 3.51. The highest BCUT2D eigenvalue weighted by molar-refractivity contribution is 5.94. The Labute approximate surface area is 194 Å². The Morgan fingerprint density at radius 2 is 1.76 bits per heavy atom. The van der Waals surface area contributed by atoms with Gasteiger partial charge >= 0.3 is 0 Å². The van der Waals surface area contributed by atoms with E-state index in [1.807, 2.05) is 6.20 Å². The zero-order valence-corrected chi connectivity index (χ0v) is 20.2. The van der Waals surface area contributed by atoms with Crippen LogP contribution < -0.4 is 15.0 Å². The van der Waals surface area contributed by atoms with E-state index in [0.717, 1.165) is 76.9 Å². The van der Waals surface area contributed by atoms with Crippen molar-refractivity contribution in [3.8, 4) is 22.6 Å². The van der Waals surface area contributed by atoms with E-state index >= 15 is 0 Å². The van der Waals surface area contributed by atoms with Crippen molar-refractivity contribution in [1.82, 2.24) is 19.7 Å². The number of fused-ring (bicyclic) bond motifs is 2. The van der Waals surface area contributed by atoms with Gasteiger partial charge in [0.2, 0.25) is 0 Å². The summed E-state index contributed by atoms with van der Waals surface area (Å²) in [5, 5.41) is 7.72. The van der Waals surface area contributed by atoms with Gasteiger partial charge in [0.05, 0.1) is 26.0 Å². The van der Waals surface area contributed by atoms with E-state index < -0.39 is 0 Å². The van der Waals surface area contributed by atoms with Crippen LogP contribution in [0.4, 0.5) is 0 Å². The first-order valence-electron chi connectivity index (χ1n) is 11.9. The number of pyridine rings is 1. The molecule has 1 aromatic carbocycles. The van der Waals surface area contributed by atoms with Crippen LogP contribution in [0.5, 0.6) is 11.5 Å². The molecule has 2 atom stereocenters. The van der Waals surface area contributed by atoms with Gasteiger partial charge in [0, 0.05) is 43.8 Å². The molecule has 1 saturated carbocycles. The Kier molecular flexibility index (Phi) is 5.69. The van der Waals surface area contributed by atoms with Gasteiger partial charge in [-0.25, -0.2) is 0 Å². The quantitative estimate of drug-likeness (QED) is 0.613. The summed E-state index contributed by atoms with van der Waals surface area (Å²) in [5.74, 6) is 4.92. The van der Waals surface area contributed by atoms with Crippen molar-refractivity contribution in [3.05, 3.63) is 40.4 Å². The lowest BCUT2D eigenvalue weighted by atomic mass is 9.93. The Morgan fingerprint density at radius 3 is 2.33 bits per heavy atom. The van der Waals surface area contributed by atoms with Crippen LogP contribution in [0, 0.1) is 23.7 Å². The fraction of sp³-hybridized carbons (Fsp3) is 0.538. The molecule has 2 aromatic heterocycles. The molecule has 176 valence electrons. The van der Waals surface area contributed by atoms with Gasteiger partial charge in [-0.2, -0.15) is 5.10 Å². The van der Waals surface area contributed by atoms with Crippen molar-refractivity contribution in [2.75, 3.05) is 27.3 Å². The molecule has 7 nitrogen and oxygen atoms in total. The zero-order chi connectivity index (χ0) is 23.3. The van der Waals surface area contributed by atoms with Crippen molar-refractivity contribution in [2.45, 2.75) is 33.2 Å². The maximum Gasteiger partial charge on any atom is 0.276 e. The number of aromatic amines is 1. The molecular weight excluding hydrogens is 416 g/mol. The number of nitrogens with zero attached hydrogens (tertiary/aromatic N) is 3. The molecule has 0 amide bonds. The van der Waals surface area contributed by atoms with Crippen molar-refractivity contribution in [2.24, 2.45) is 30.7 Å². The average molecular weight is 451 g/mol. The van der Waals surface area contributed by atoms with Crippen LogP contribution in [0.1, 0.15) is 32.3 Å². The lowest BCUT2D eigenvalue weighted by Crippen LogP contribution is -2.23. The third-order valence-corrected chi connectivity index (χ3v) is 7.89. The van der Waals surface area contributed by atoms with E-state index in [1.165, 1.54) is 12.8 Å². The maximum absolute atomic E-state index is 12.4. The minimum Gasteiger partial charge on any atom is -0.496 e. The lowest BCUT2D eigenvalue weighted by molar-refractivity contribution is 0.264. The smallest absolute Gasteiger partial charge is 0.276 e. The van der Waals surface area contributed by atoms with E-state index in [-0.39, 0.29) is 5.56 Å². The SMILES string of the molecule is COc1cc(-c2cn(C)c(=O)c3[nH]ncc23)cc(OC)c1CN1CC2CC(C(C)C)CC2C1. The number of hydrogen-bond acceptors (Lipinski definition) is 5. The normalized spacial score (nSPS) is 22.9. The summed E-state index contributed by atoms with van der Waals surface area (Å²) in [6, 6.07) is 4.10. The molecule has 1 saturated heterocycles. The standard InChI is InChI=1S/C26H34N4O3/c1-15(2)16-6-18-11-30(12-19(18)7-16)14-22-23(32-4)8-17(9-24(22)33-5)21-13-29(3)26(31)25-20(21)10-27-28-25/h8-10,13,15-16,18-19H,6-7,11-12,14H2,1-5H3,(H,27,28). The fourth-order valence-corrected chi connectivity index (χ4v) is 6.02. The predicted molar refractivity (Wildman–Crippen MR) is 130 cm³/mol. The number of hydrogen-bond donors (Lipinski definition) is 1. The van der Waals surface area contributed by atoms with Crippen LogP contribution in [-0.2, 0) is 13.6 Å². The van der Waals surface area contributed by atoms with Gasteiger partial charge in [0.25, 0.3) is 5.56 Å². The highest BCUT2D eigenvalue weighted by Gasteiger charge is 2.41. The van der Waals surface area contributed by atoms with Crippen LogP contribution >= 0.6 is 0 Å². The Bertz CT molecular complexity index is 1190. The first-order chi connectivity index (χ1) is 15.9. The van der Waals surface area contributed by atoms with Crippen LogP contribution in [-0.4, -0.2) is 47.0 Å². The van der Waals surface area contributed by atoms with Gasteiger partial charge in [-0.3, -0.25) is 14.8 Å². The number of methoxy groups -OCH3 is 2. The predicted octanol–water partition coefficient (Wildman–Crippen LogP) is 4.06. The van der Waals surface area contributed by atoms with E-state index in [2.05, 4.69) is 41.1 Å². The molecule has 3 aromatic rings. The molecule has 0 spiro atoms. The Hall–Kier alpha value is -2.80. The maximum atomic E-state index is 12.4. The van der Waals surface area contributed by atoms with Gasteiger partial charge < -0.3 is 14.0 Å². The second-order valence-electron chi connectivity index (χ2n) is 10.2. The molecule has 1 aliphatic heterocycles. The van der Waals surface area contributed by atoms with Gasteiger partial charge in [0.1, 0.15) is 17.0 Å². The minimum absolute atomic E-state index is 0.0962. The van der Waals surface area contributed by atoms with Crippen molar-refractivity contribution in [3.63, 3.8) is 0 Å². The summed E-state index contributed by atoms with van der Waals surface area (Å²) in [6.07, 6.45) is 6.27. The number of likely N-dealkylation sites (tertiary alicyclic amines) is 1. The van der Waals surface area contributed by atoms with Gasteiger partial charge in [0.15, 0.2) is 0 Å². The lowest BCUT2D eigenvalue weighted by Gasteiger charge is -2.23. The highest BCUT2D eigenvalue weighted by atomic mass is 16.5. The summed E-state index contributed by atoms with van der Waals surface area (Å²) in [4.78, 5) is 15.0. The first kappa shape index (κ1) is 22.0. The Balaban J connectivity index is 1.46. The molecule has 2 aliphatic rings. The number of aromatic nitrogens is 3. The van der Waals surface area contributed by atoms with Crippen molar-refractivity contribution in [1.29, 1.82) is 0 Å². The molecule has 1 N–H and O–H groups in total. The summed E-state index contributed by atoms with van der Waals surface area (Å²) >= 11 is 0. The molecule has 1 aliphatic carbocycles. The molecule has 0 radical (unpaired) electrons. The summed E-state index contributed by atoms with van der Waals surface area (Å²) in [6.45, 7) is 7.85. The van der Waals surface area contributed by atoms with Crippen LogP contribution in [0.3, 0.4) is 0 Å². The molecule has 7 heteroatoms. The van der Waals surface area contributed by atoms with Crippen molar-refractivity contribution >= 4 is 10.9 Å². The van der Waals surface area contributed by atoms with E-state index in [0.29, 0.717) is 5.52 Å². The number of H-pyrrole nitrogens is 1. The van der Waals surface area contributed by atoms with E-state index in [1.54, 1.807) is 32.0 Å². The van der Waals surface area contributed by atoms with Gasteiger partial charge in [-0.1, -0.05) is 13.8 Å². The molecule has 3 heterocycles. The second kappa shape index (κ2) is 8.52. The summed E-state index contributed by atoms with van der Waals surface area (Å²) < 4.78 is 13.3.